The SMILES string of the molecule is O=C(NCCn1nc(-c2cccs2)n(C2CC2)c1=O)Nc1ccccc1. The summed E-state index contributed by atoms with van der Waals surface area (Å²) in [4.78, 5) is 25.6. The van der Waals surface area contributed by atoms with Gasteiger partial charge in [-0.2, -0.15) is 0 Å². The highest BCUT2D eigenvalue weighted by molar-refractivity contribution is 7.13. The average Bonchev–Trinajstić information content (AvgIpc) is 3.22. The van der Waals surface area contributed by atoms with Gasteiger partial charge in [-0.1, -0.05) is 24.3 Å². The lowest BCUT2D eigenvalue weighted by atomic mass is 10.3. The van der Waals surface area contributed by atoms with Crippen molar-refractivity contribution < 1.29 is 4.79 Å². The number of nitrogens with zero attached hydrogens (tertiary/aromatic N) is 3. The van der Waals surface area contributed by atoms with Crippen LogP contribution >= 0.6 is 11.3 Å². The van der Waals surface area contributed by atoms with Crippen LogP contribution in [0.1, 0.15) is 18.9 Å². The van der Waals surface area contributed by atoms with Gasteiger partial charge in [0.05, 0.1) is 11.4 Å². The molecule has 2 amide bonds. The van der Waals surface area contributed by atoms with Crippen molar-refractivity contribution in [2.24, 2.45) is 0 Å². The molecule has 8 heteroatoms. The maximum absolute atomic E-state index is 12.7. The van der Waals surface area contributed by atoms with Gasteiger partial charge in [0.2, 0.25) is 0 Å². The van der Waals surface area contributed by atoms with Gasteiger partial charge in [-0.15, -0.1) is 16.4 Å². The van der Waals surface area contributed by atoms with E-state index < -0.39 is 0 Å². The number of carbonyl (C=O) groups is 1. The summed E-state index contributed by atoms with van der Waals surface area (Å²) in [5.74, 6) is 0.723. The van der Waals surface area contributed by atoms with Gasteiger partial charge in [0.1, 0.15) is 0 Å². The van der Waals surface area contributed by atoms with Gasteiger partial charge in [0.15, 0.2) is 5.82 Å². The molecule has 0 bridgehead atoms. The van der Waals surface area contributed by atoms with Crippen molar-refractivity contribution in [3.63, 3.8) is 0 Å². The fraction of sp³-hybridized carbons (Fsp3) is 0.278. The molecular formula is C18H19N5O2S. The molecule has 26 heavy (non-hydrogen) atoms. The van der Waals surface area contributed by atoms with Crippen LogP contribution in [0, 0.1) is 0 Å². The topological polar surface area (TPSA) is 81.0 Å². The normalized spacial score (nSPS) is 13.5. The fourth-order valence-corrected chi connectivity index (χ4v) is 3.48. The second-order valence-corrected chi connectivity index (χ2v) is 7.10. The number of anilines is 1. The van der Waals surface area contributed by atoms with E-state index >= 15 is 0 Å². The van der Waals surface area contributed by atoms with Gasteiger partial charge in [-0.05, 0) is 36.4 Å². The molecule has 0 unspecified atom stereocenters. The quantitative estimate of drug-likeness (QED) is 0.701. The molecule has 134 valence electrons. The van der Waals surface area contributed by atoms with Crippen LogP contribution in [0.25, 0.3) is 10.7 Å². The first-order chi connectivity index (χ1) is 12.7. The first kappa shape index (κ1) is 16.6. The molecule has 1 saturated carbocycles. The Morgan fingerprint density at radius 2 is 2.00 bits per heavy atom. The minimum atomic E-state index is -0.302. The Morgan fingerprint density at radius 3 is 2.69 bits per heavy atom. The minimum absolute atomic E-state index is 0.110. The van der Waals surface area contributed by atoms with Crippen LogP contribution in [0.5, 0.6) is 0 Å². The number of hydrogen-bond donors (Lipinski definition) is 2. The van der Waals surface area contributed by atoms with E-state index in [1.165, 1.54) is 4.68 Å². The summed E-state index contributed by atoms with van der Waals surface area (Å²) in [6, 6.07) is 13.1. The highest BCUT2D eigenvalue weighted by atomic mass is 32.1. The number of urea groups is 1. The highest BCUT2D eigenvalue weighted by Crippen LogP contribution is 2.37. The van der Waals surface area contributed by atoms with Gasteiger partial charge in [0, 0.05) is 18.3 Å². The van der Waals surface area contributed by atoms with Crippen LogP contribution < -0.4 is 16.3 Å². The first-order valence-electron chi connectivity index (χ1n) is 8.55. The summed E-state index contributed by atoms with van der Waals surface area (Å²) in [6.45, 7) is 0.656. The Kier molecular flexibility index (Phi) is 4.57. The van der Waals surface area contributed by atoms with E-state index in [4.69, 9.17) is 0 Å². The van der Waals surface area contributed by atoms with Crippen molar-refractivity contribution in [1.82, 2.24) is 19.7 Å². The molecule has 0 saturated heterocycles. The summed E-state index contributed by atoms with van der Waals surface area (Å²) in [5, 5.41) is 12.0. The molecule has 1 aliphatic carbocycles. The van der Waals surface area contributed by atoms with Crippen LogP contribution in [0.4, 0.5) is 10.5 Å². The molecule has 0 aliphatic heterocycles. The van der Waals surface area contributed by atoms with Gasteiger partial charge in [-0.3, -0.25) is 4.57 Å². The van der Waals surface area contributed by atoms with Gasteiger partial charge < -0.3 is 10.6 Å². The van der Waals surface area contributed by atoms with Crippen LogP contribution in [-0.4, -0.2) is 26.9 Å². The number of benzene rings is 1. The van der Waals surface area contributed by atoms with Gasteiger partial charge in [0.25, 0.3) is 0 Å². The fourth-order valence-electron chi connectivity index (χ4n) is 2.77. The maximum Gasteiger partial charge on any atom is 0.346 e. The van der Waals surface area contributed by atoms with Crippen molar-refractivity contribution in [1.29, 1.82) is 0 Å². The molecular weight excluding hydrogens is 350 g/mol. The number of amides is 2. The molecule has 7 nitrogen and oxygen atoms in total. The summed E-state index contributed by atoms with van der Waals surface area (Å²) in [5.41, 5.74) is 0.612. The molecule has 2 N–H and O–H groups in total. The Hall–Kier alpha value is -2.87. The Labute approximate surface area is 154 Å². The number of aromatic nitrogens is 3. The third-order valence-electron chi connectivity index (χ3n) is 4.16. The zero-order chi connectivity index (χ0) is 17.9. The van der Waals surface area contributed by atoms with Crippen LogP contribution in [0.2, 0.25) is 0 Å². The predicted octanol–water partition coefficient (Wildman–Crippen LogP) is 2.93. The van der Waals surface area contributed by atoms with Crippen molar-refractivity contribution in [3.8, 4) is 10.7 Å². The molecule has 1 fully saturated rings. The lowest BCUT2D eigenvalue weighted by Crippen LogP contribution is -2.34. The average molecular weight is 369 g/mol. The zero-order valence-corrected chi connectivity index (χ0v) is 14.9. The van der Waals surface area contributed by atoms with E-state index in [0.717, 1.165) is 29.2 Å². The van der Waals surface area contributed by atoms with E-state index in [0.29, 0.717) is 13.1 Å². The summed E-state index contributed by atoms with van der Waals surface area (Å²) >= 11 is 1.57. The summed E-state index contributed by atoms with van der Waals surface area (Å²) in [7, 11) is 0. The molecule has 3 aromatic rings. The molecule has 0 radical (unpaired) electrons. The molecule has 1 aliphatic rings. The third kappa shape index (κ3) is 3.55. The summed E-state index contributed by atoms with van der Waals surface area (Å²) < 4.78 is 3.23. The number of para-hydroxylation sites is 1. The van der Waals surface area contributed by atoms with E-state index in [-0.39, 0.29) is 17.8 Å². The standard InChI is InChI=1S/C18H19N5O2S/c24-17(20-13-5-2-1-3-6-13)19-10-11-22-18(25)23(14-8-9-14)16(21-22)15-7-4-12-26-15/h1-7,12,14H,8-11H2,(H2,19,20,24). The lowest BCUT2D eigenvalue weighted by molar-refractivity contribution is 0.251. The molecule has 2 aromatic heterocycles. The highest BCUT2D eigenvalue weighted by Gasteiger charge is 2.30. The number of carbonyl (C=O) groups excluding carboxylic acids is 1. The van der Waals surface area contributed by atoms with Crippen LogP contribution in [-0.2, 0) is 6.54 Å². The molecule has 0 atom stereocenters. The van der Waals surface area contributed by atoms with Gasteiger partial charge in [-0.25, -0.2) is 14.3 Å². The van der Waals surface area contributed by atoms with Gasteiger partial charge >= 0.3 is 11.7 Å². The third-order valence-corrected chi connectivity index (χ3v) is 5.03. The van der Waals surface area contributed by atoms with Crippen LogP contribution in [0.15, 0.2) is 52.6 Å². The molecule has 1 aromatic carbocycles. The number of hydrogen-bond acceptors (Lipinski definition) is 4. The smallest absolute Gasteiger partial charge is 0.336 e. The van der Waals surface area contributed by atoms with E-state index in [1.807, 2.05) is 47.8 Å². The molecule has 2 heterocycles. The van der Waals surface area contributed by atoms with Crippen molar-refractivity contribution in [2.75, 3.05) is 11.9 Å². The zero-order valence-electron chi connectivity index (χ0n) is 14.1. The van der Waals surface area contributed by atoms with E-state index in [2.05, 4.69) is 15.7 Å². The van der Waals surface area contributed by atoms with E-state index in [9.17, 15) is 9.59 Å². The number of thiophene rings is 1. The largest absolute Gasteiger partial charge is 0.346 e. The van der Waals surface area contributed by atoms with Crippen LogP contribution in [0.3, 0.4) is 0 Å². The molecule has 0 spiro atoms. The monoisotopic (exact) mass is 369 g/mol. The number of nitrogens with one attached hydrogen (secondary N) is 2. The molecule has 4 rings (SSSR count). The Morgan fingerprint density at radius 1 is 1.19 bits per heavy atom. The second-order valence-electron chi connectivity index (χ2n) is 6.15. The second kappa shape index (κ2) is 7.17. The maximum atomic E-state index is 12.7. The van der Waals surface area contributed by atoms with Crippen molar-refractivity contribution in [2.45, 2.75) is 25.4 Å². The Balaban J connectivity index is 1.41. The minimum Gasteiger partial charge on any atom is -0.336 e. The van der Waals surface area contributed by atoms with Crippen molar-refractivity contribution >= 4 is 23.1 Å². The van der Waals surface area contributed by atoms with Crippen molar-refractivity contribution in [3.05, 3.63) is 58.3 Å². The first-order valence-corrected chi connectivity index (χ1v) is 9.43. The number of rotatable bonds is 6. The lowest BCUT2D eigenvalue weighted by Gasteiger charge is -2.07. The van der Waals surface area contributed by atoms with E-state index in [1.54, 1.807) is 15.9 Å². The Bertz CT molecular complexity index is 942. The predicted molar refractivity (Wildman–Crippen MR) is 102 cm³/mol. The summed E-state index contributed by atoms with van der Waals surface area (Å²) in [6.07, 6.45) is 2.03.